The minimum atomic E-state index is -4.68. The molecule has 0 atom stereocenters. The number of halogens is 4. The topological polar surface area (TPSA) is 76.5 Å². The van der Waals surface area contributed by atoms with Gasteiger partial charge in [-0.25, -0.2) is 4.98 Å². The highest BCUT2D eigenvalue weighted by atomic mass is 35.5. The van der Waals surface area contributed by atoms with Crippen molar-refractivity contribution >= 4 is 23.2 Å². The standard InChI is InChI=1S/C25H20ClF3N4O2/c1-16(2)35-33-22(15-32-24(34)19-8-3-4-9-20(19)25(27,28)29)23-21(26)13-17(14-31-23)10-11-18-7-5-6-12-30-18/h3-9,12-14,16H,15H2,1-2H3,(H,32,34). The first-order valence-electron chi connectivity index (χ1n) is 10.4. The monoisotopic (exact) mass is 500 g/mol. The van der Waals surface area contributed by atoms with E-state index in [1.807, 2.05) is 6.07 Å². The quantitative estimate of drug-likeness (QED) is 0.290. The van der Waals surface area contributed by atoms with Gasteiger partial charge in [0, 0.05) is 18.0 Å². The fourth-order valence-electron chi connectivity index (χ4n) is 2.81. The van der Waals surface area contributed by atoms with Gasteiger partial charge >= 0.3 is 6.18 Å². The number of pyridine rings is 2. The van der Waals surface area contributed by atoms with Gasteiger partial charge in [0.1, 0.15) is 23.2 Å². The molecule has 0 aliphatic carbocycles. The number of rotatable bonds is 6. The summed E-state index contributed by atoms with van der Waals surface area (Å²) in [5.74, 6) is 4.87. The Hall–Kier alpha value is -3.90. The van der Waals surface area contributed by atoms with E-state index in [2.05, 4.69) is 32.3 Å². The van der Waals surface area contributed by atoms with Crippen molar-refractivity contribution in [1.29, 1.82) is 0 Å². The molecule has 0 radical (unpaired) electrons. The molecule has 0 saturated carbocycles. The molecule has 3 aromatic rings. The predicted molar refractivity (Wildman–Crippen MR) is 126 cm³/mol. The summed E-state index contributed by atoms with van der Waals surface area (Å²) in [6.45, 7) is 3.21. The van der Waals surface area contributed by atoms with Gasteiger partial charge in [-0.15, -0.1) is 0 Å². The summed E-state index contributed by atoms with van der Waals surface area (Å²) in [6.07, 6.45) is -1.89. The lowest BCUT2D eigenvalue weighted by Crippen LogP contribution is -2.32. The van der Waals surface area contributed by atoms with Gasteiger partial charge < -0.3 is 10.2 Å². The van der Waals surface area contributed by atoms with Crippen LogP contribution in [0.3, 0.4) is 0 Å². The molecular formula is C25H20ClF3N4O2. The fraction of sp³-hybridized carbons (Fsp3) is 0.200. The van der Waals surface area contributed by atoms with Crippen LogP contribution in [0.4, 0.5) is 13.2 Å². The lowest BCUT2D eigenvalue weighted by molar-refractivity contribution is -0.137. The minimum Gasteiger partial charge on any atom is -0.393 e. The number of benzene rings is 1. The molecule has 0 aliphatic heterocycles. The number of hydrogen-bond donors (Lipinski definition) is 1. The Bertz CT molecular complexity index is 1280. The zero-order valence-corrected chi connectivity index (χ0v) is 19.5. The minimum absolute atomic E-state index is 0.130. The first kappa shape index (κ1) is 25.7. The smallest absolute Gasteiger partial charge is 0.393 e. The number of amides is 1. The summed E-state index contributed by atoms with van der Waals surface area (Å²) in [6, 6.07) is 11.4. The normalized spacial score (nSPS) is 11.6. The zero-order valence-electron chi connectivity index (χ0n) is 18.7. The van der Waals surface area contributed by atoms with Crippen LogP contribution in [0.5, 0.6) is 0 Å². The molecule has 0 aliphatic rings. The van der Waals surface area contributed by atoms with Crippen LogP contribution in [-0.4, -0.2) is 34.2 Å². The van der Waals surface area contributed by atoms with E-state index in [1.165, 1.54) is 18.3 Å². The average Bonchev–Trinajstić information content (AvgIpc) is 2.83. The van der Waals surface area contributed by atoms with Crippen LogP contribution in [-0.2, 0) is 11.0 Å². The number of aromatic nitrogens is 2. The van der Waals surface area contributed by atoms with E-state index in [0.29, 0.717) is 11.3 Å². The number of nitrogens with zero attached hydrogens (tertiary/aromatic N) is 3. The number of carbonyl (C=O) groups is 1. The van der Waals surface area contributed by atoms with Gasteiger partial charge in [0.25, 0.3) is 5.91 Å². The van der Waals surface area contributed by atoms with E-state index in [1.54, 1.807) is 38.2 Å². The number of hydrogen-bond acceptors (Lipinski definition) is 5. The van der Waals surface area contributed by atoms with Crippen molar-refractivity contribution in [2.45, 2.75) is 26.1 Å². The SMILES string of the molecule is CC(C)ON=C(CNC(=O)c1ccccc1C(F)(F)F)c1ncc(C#Cc2ccccn2)cc1Cl. The van der Waals surface area contributed by atoms with Gasteiger partial charge in [0.2, 0.25) is 0 Å². The highest BCUT2D eigenvalue weighted by Gasteiger charge is 2.34. The molecule has 0 bridgehead atoms. The molecule has 1 aromatic carbocycles. The molecule has 35 heavy (non-hydrogen) atoms. The maximum atomic E-state index is 13.3. The van der Waals surface area contributed by atoms with Crippen molar-refractivity contribution in [2.75, 3.05) is 6.54 Å². The highest BCUT2D eigenvalue weighted by Crippen LogP contribution is 2.31. The summed E-state index contributed by atoms with van der Waals surface area (Å²) >= 11 is 6.39. The van der Waals surface area contributed by atoms with Gasteiger partial charge in [-0.3, -0.25) is 9.78 Å². The van der Waals surface area contributed by atoms with Gasteiger partial charge in [0.05, 0.1) is 22.7 Å². The maximum absolute atomic E-state index is 13.3. The summed E-state index contributed by atoms with van der Waals surface area (Å²) in [5.41, 5.74) is -0.144. The summed E-state index contributed by atoms with van der Waals surface area (Å²) in [4.78, 5) is 26.2. The van der Waals surface area contributed by atoms with E-state index < -0.39 is 23.2 Å². The van der Waals surface area contributed by atoms with Crippen LogP contribution in [0.25, 0.3) is 0 Å². The fourth-order valence-corrected chi connectivity index (χ4v) is 3.08. The van der Waals surface area contributed by atoms with Gasteiger partial charge in [-0.2, -0.15) is 13.2 Å². The number of carbonyl (C=O) groups excluding carboxylic acids is 1. The largest absolute Gasteiger partial charge is 0.417 e. The van der Waals surface area contributed by atoms with Crippen molar-refractivity contribution in [2.24, 2.45) is 5.16 Å². The van der Waals surface area contributed by atoms with Crippen LogP contribution in [0.15, 0.2) is 66.1 Å². The third-order valence-electron chi connectivity index (χ3n) is 4.38. The number of nitrogens with one attached hydrogen (secondary N) is 1. The lowest BCUT2D eigenvalue weighted by Gasteiger charge is -2.14. The number of alkyl halides is 3. The third kappa shape index (κ3) is 7.29. The highest BCUT2D eigenvalue weighted by molar-refractivity contribution is 6.34. The van der Waals surface area contributed by atoms with Crippen molar-refractivity contribution in [3.8, 4) is 11.8 Å². The first-order chi connectivity index (χ1) is 16.6. The molecule has 3 rings (SSSR count). The Morgan fingerprint density at radius 2 is 1.89 bits per heavy atom. The zero-order chi connectivity index (χ0) is 25.4. The van der Waals surface area contributed by atoms with Crippen LogP contribution in [0, 0.1) is 11.8 Å². The molecule has 6 nitrogen and oxygen atoms in total. The lowest BCUT2D eigenvalue weighted by atomic mass is 10.1. The second kappa shape index (κ2) is 11.5. The molecule has 0 fully saturated rings. The van der Waals surface area contributed by atoms with Crippen molar-refractivity contribution in [3.05, 3.63) is 94.0 Å². The molecule has 1 amide bonds. The van der Waals surface area contributed by atoms with Crippen LogP contribution in [0.1, 0.15) is 46.7 Å². The molecule has 2 aromatic heterocycles. The van der Waals surface area contributed by atoms with E-state index in [4.69, 9.17) is 16.4 Å². The van der Waals surface area contributed by atoms with E-state index in [0.717, 1.165) is 12.1 Å². The molecular weight excluding hydrogens is 481 g/mol. The Kier molecular flexibility index (Phi) is 8.44. The van der Waals surface area contributed by atoms with Crippen LogP contribution < -0.4 is 5.32 Å². The van der Waals surface area contributed by atoms with Gasteiger partial charge in [-0.05, 0) is 50.1 Å². The van der Waals surface area contributed by atoms with Gasteiger partial charge in [0.15, 0.2) is 0 Å². The molecule has 2 heterocycles. The van der Waals surface area contributed by atoms with Crippen molar-refractivity contribution in [1.82, 2.24) is 15.3 Å². The summed E-state index contributed by atoms with van der Waals surface area (Å²) in [7, 11) is 0. The molecule has 0 spiro atoms. The number of oxime groups is 1. The Morgan fingerprint density at radius 3 is 2.54 bits per heavy atom. The second-order valence-electron chi connectivity index (χ2n) is 7.44. The van der Waals surface area contributed by atoms with Crippen LogP contribution >= 0.6 is 11.6 Å². The van der Waals surface area contributed by atoms with E-state index in [-0.39, 0.29) is 29.1 Å². The molecule has 10 heteroatoms. The molecule has 0 unspecified atom stereocenters. The first-order valence-corrected chi connectivity index (χ1v) is 10.8. The van der Waals surface area contributed by atoms with E-state index in [9.17, 15) is 18.0 Å². The predicted octanol–water partition coefficient (Wildman–Crippen LogP) is 5.11. The maximum Gasteiger partial charge on any atom is 0.417 e. The van der Waals surface area contributed by atoms with Gasteiger partial charge in [-0.1, -0.05) is 40.9 Å². The van der Waals surface area contributed by atoms with Crippen molar-refractivity contribution in [3.63, 3.8) is 0 Å². The summed E-state index contributed by atoms with van der Waals surface area (Å²) < 4.78 is 39.8. The second-order valence-corrected chi connectivity index (χ2v) is 7.84. The Balaban J connectivity index is 1.83. The average molecular weight is 501 g/mol. The Morgan fingerprint density at radius 1 is 1.14 bits per heavy atom. The molecule has 1 N–H and O–H groups in total. The Labute approximate surface area is 205 Å². The molecule has 0 saturated heterocycles. The third-order valence-corrected chi connectivity index (χ3v) is 4.67. The van der Waals surface area contributed by atoms with Crippen molar-refractivity contribution < 1.29 is 22.8 Å². The van der Waals surface area contributed by atoms with E-state index >= 15 is 0 Å². The van der Waals surface area contributed by atoms with Crippen LogP contribution in [0.2, 0.25) is 5.02 Å². The summed E-state index contributed by atoms with van der Waals surface area (Å²) in [5, 5.41) is 6.61. The molecule has 180 valence electrons.